The van der Waals surface area contributed by atoms with Gasteiger partial charge in [-0.1, -0.05) is 39.1 Å². The number of aryl methyl sites for hydroxylation is 1. The number of halogens is 1. The van der Waals surface area contributed by atoms with Crippen LogP contribution in [0.4, 0.5) is 0 Å². The monoisotopic (exact) mass is 368 g/mol. The Kier molecular flexibility index (Phi) is 5.01. The number of fused-ring (bicyclic) bond motifs is 1. The number of para-hydroxylation sites is 1. The van der Waals surface area contributed by atoms with Crippen LogP contribution in [0.5, 0.6) is 0 Å². The van der Waals surface area contributed by atoms with Crippen molar-refractivity contribution in [3.63, 3.8) is 0 Å². The summed E-state index contributed by atoms with van der Waals surface area (Å²) in [6, 6.07) is 6.25. The van der Waals surface area contributed by atoms with Crippen LogP contribution in [0.25, 0.3) is 11.0 Å². The Hall–Kier alpha value is -0.583. The van der Waals surface area contributed by atoms with Gasteiger partial charge < -0.3 is 9.15 Å². The maximum atomic E-state index is 6.17. The van der Waals surface area contributed by atoms with Crippen molar-refractivity contribution in [2.75, 3.05) is 6.61 Å². The fourth-order valence-corrected chi connectivity index (χ4v) is 2.97. The van der Waals surface area contributed by atoms with Gasteiger partial charge in [-0.25, -0.2) is 0 Å². The van der Waals surface area contributed by atoms with Crippen molar-refractivity contribution in [3.8, 4) is 0 Å². The largest absolute Gasteiger partial charge is 0.460 e. The van der Waals surface area contributed by atoms with Crippen molar-refractivity contribution in [2.24, 2.45) is 0 Å². The second-order valence-corrected chi connectivity index (χ2v) is 11.5. The molecule has 1 aromatic heterocycles. The van der Waals surface area contributed by atoms with E-state index in [-0.39, 0.29) is 6.10 Å². The minimum Gasteiger partial charge on any atom is -0.460 e. The molecule has 1 atom stereocenters. The average Bonchev–Trinajstić information content (AvgIpc) is 2.72. The topological polar surface area (TPSA) is 22.4 Å². The first-order valence-corrected chi connectivity index (χ1v) is 11.2. The van der Waals surface area contributed by atoms with Gasteiger partial charge in [0.2, 0.25) is 0 Å². The zero-order valence-electron chi connectivity index (χ0n) is 13.8. The second-order valence-electron chi connectivity index (χ2n) is 6.79. The third-order valence-corrected chi connectivity index (χ3v) is 8.83. The average molecular weight is 369 g/mol. The van der Waals surface area contributed by atoms with Gasteiger partial charge in [-0.15, -0.1) is 0 Å². The number of furan rings is 1. The van der Waals surface area contributed by atoms with Crippen LogP contribution in [0.1, 0.15) is 38.2 Å². The molecule has 0 fully saturated rings. The normalized spacial score (nSPS) is 14.1. The Morgan fingerprint density at radius 3 is 2.62 bits per heavy atom. The molecule has 4 heteroatoms. The molecule has 116 valence electrons. The van der Waals surface area contributed by atoms with Crippen molar-refractivity contribution in [3.05, 3.63) is 34.0 Å². The molecule has 2 nitrogen and oxygen atoms in total. The van der Waals surface area contributed by atoms with Crippen molar-refractivity contribution in [1.29, 1.82) is 0 Å². The van der Waals surface area contributed by atoms with Crippen LogP contribution in [0, 0.1) is 6.92 Å². The first-order chi connectivity index (χ1) is 9.74. The van der Waals surface area contributed by atoms with Crippen LogP contribution >= 0.6 is 15.9 Å². The highest BCUT2D eigenvalue weighted by Crippen LogP contribution is 2.37. The van der Waals surface area contributed by atoms with Gasteiger partial charge >= 0.3 is 0 Å². The second kappa shape index (κ2) is 6.27. The fourth-order valence-electron chi connectivity index (χ4n) is 2.15. The Balaban J connectivity index is 2.24. The van der Waals surface area contributed by atoms with Crippen LogP contribution < -0.4 is 0 Å². The number of ether oxygens (including phenoxy) is 1. The molecule has 0 unspecified atom stereocenters. The molecule has 0 amide bonds. The zero-order valence-corrected chi connectivity index (χ0v) is 16.5. The van der Waals surface area contributed by atoms with Gasteiger partial charge in [-0.2, -0.15) is 0 Å². The van der Waals surface area contributed by atoms with Gasteiger partial charge in [0.05, 0.1) is 10.6 Å². The van der Waals surface area contributed by atoms with E-state index in [1.54, 1.807) is 0 Å². The predicted octanol–water partition coefficient (Wildman–Crippen LogP) is 5.85. The van der Waals surface area contributed by atoms with E-state index in [0.29, 0.717) is 5.04 Å². The summed E-state index contributed by atoms with van der Waals surface area (Å²) >= 11 is 3.59. The molecular weight excluding hydrogens is 344 g/mol. The maximum absolute atomic E-state index is 6.17. The molecule has 0 spiro atoms. The maximum Gasteiger partial charge on any atom is 0.141 e. The van der Waals surface area contributed by atoms with Gasteiger partial charge in [0, 0.05) is 26.4 Å². The number of rotatable bonds is 5. The fraction of sp³-hybridized carbons (Fsp3) is 0.529. The standard InChI is InChI=1S/C17H25BrO2Si/c1-11(19-10-17(3,4)21(5)6)13-8-7-9-14-15(18)12(2)20-16(13)14/h7-9,11,21H,10H2,1-6H3/t11-/m1/s1. The smallest absolute Gasteiger partial charge is 0.141 e. The van der Waals surface area contributed by atoms with E-state index in [2.05, 4.69) is 68.0 Å². The lowest BCUT2D eigenvalue weighted by atomic mass is 10.1. The van der Waals surface area contributed by atoms with Crippen molar-refractivity contribution >= 4 is 35.7 Å². The van der Waals surface area contributed by atoms with Crippen LogP contribution in [0.2, 0.25) is 18.1 Å². The quantitative estimate of drug-likeness (QED) is 0.617. The first-order valence-electron chi connectivity index (χ1n) is 7.53. The Bertz CT molecular complexity index is 631. The molecule has 1 aromatic carbocycles. The first kappa shape index (κ1) is 16.8. The minimum atomic E-state index is -0.742. The molecule has 2 rings (SSSR count). The van der Waals surface area contributed by atoms with Crippen molar-refractivity contribution in [2.45, 2.75) is 51.9 Å². The van der Waals surface area contributed by atoms with Gasteiger partial charge in [0.25, 0.3) is 0 Å². The van der Waals surface area contributed by atoms with Crippen molar-refractivity contribution in [1.82, 2.24) is 0 Å². The van der Waals surface area contributed by atoms with E-state index < -0.39 is 8.80 Å². The van der Waals surface area contributed by atoms with Crippen LogP contribution in [0.15, 0.2) is 27.1 Å². The molecule has 0 aliphatic heterocycles. The number of hydrogen-bond donors (Lipinski definition) is 0. The molecule has 0 bridgehead atoms. The molecule has 0 saturated heterocycles. The molecule has 21 heavy (non-hydrogen) atoms. The number of hydrogen-bond acceptors (Lipinski definition) is 2. The Morgan fingerprint density at radius 2 is 2.00 bits per heavy atom. The third-order valence-electron chi connectivity index (χ3n) is 4.55. The lowest BCUT2D eigenvalue weighted by molar-refractivity contribution is 0.0503. The van der Waals surface area contributed by atoms with Crippen molar-refractivity contribution < 1.29 is 9.15 Å². The summed E-state index contributed by atoms with van der Waals surface area (Å²) in [5.74, 6) is 0.916. The summed E-state index contributed by atoms with van der Waals surface area (Å²) in [5, 5.41) is 1.43. The molecule has 1 heterocycles. The SMILES string of the molecule is Cc1oc2c([C@@H](C)OCC(C)(C)[SiH](C)C)cccc2c1Br. The Labute approximate surface area is 137 Å². The van der Waals surface area contributed by atoms with E-state index in [1.165, 1.54) is 0 Å². The van der Waals surface area contributed by atoms with E-state index in [1.807, 2.05) is 6.92 Å². The summed E-state index contributed by atoms with van der Waals surface area (Å²) < 4.78 is 13.1. The predicted molar refractivity (Wildman–Crippen MR) is 95.9 cm³/mol. The van der Waals surface area contributed by atoms with Gasteiger partial charge in [-0.3, -0.25) is 0 Å². The van der Waals surface area contributed by atoms with E-state index in [9.17, 15) is 0 Å². The minimum absolute atomic E-state index is 0.0400. The highest BCUT2D eigenvalue weighted by Gasteiger charge is 2.25. The number of benzene rings is 1. The van der Waals surface area contributed by atoms with Gasteiger partial charge in [0.1, 0.15) is 11.3 Å². The summed E-state index contributed by atoms with van der Waals surface area (Å²) in [7, 11) is -0.742. The van der Waals surface area contributed by atoms with Gasteiger partial charge in [0.15, 0.2) is 0 Å². The molecule has 0 N–H and O–H groups in total. The van der Waals surface area contributed by atoms with E-state index in [4.69, 9.17) is 9.15 Å². The van der Waals surface area contributed by atoms with Crippen LogP contribution in [-0.2, 0) is 4.74 Å². The molecule has 0 aliphatic rings. The van der Waals surface area contributed by atoms with Crippen LogP contribution in [-0.4, -0.2) is 15.4 Å². The lowest BCUT2D eigenvalue weighted by Crippen LogP contribution is -2.26. The molecular formula is C17H25BrO2Si. The molecule has 0 radical (unpaired) electrons. The summed E-state index contributed by atoms with van der Waals surface area (Å²) in [4.78, 5) is 0. The highest BCUT2D eigenvalue weighted by atomic mass is 79.9. The van der Waals surface area contributed by atoms with E-state index >= 15 is 0 Å². The summed E-state index contributed by atoms with van der Waals surface area (Å²) in [6.45, 7) is 14.3. The summed E-state index contributed by atoms with van der Waals surface area (Å²) in [6.07, 6.45) is 0.0400. The zero-order chi connectivity index (χ0) is 15.8. The lowest BCUT2D eigenvalue weighted by Gasteiger charge is -2.29. The molecule has 0 aliphatic carbocycles. The Morgan fingerprint density at radius 1 is 1.33 bits per heavy atom. The third kappa shape index (κ3) is 3.43. The highest BCUT2D eigenvalue weighted by molar-refractivity contribution is 9.10. The molecule has 0 saturated carbocycles. The van der Waals surface area contributed by atoms with Crippen LogP contribution in [0.3, 0.4) is 0 Å². The van der Waals surface area contributed by atoms with Gasteiger partial charge in [-0.05, 0) is 40.9 Å². The van der Waals surface area contributed by atoms with E-state index in [0.717, 1.165) is 33.4 Å². The molecule has 2 aromatic rings. The summed E-state index contributed by atoms with van der Waals surface area (Å²) in [5.41, 5.74) is 2.07.